The predicted molar refractivity (Wildman–Crippen MR) is 59.8 cm³/mol. The molecule has 72 valence electrons. The largest absolute Gasteiger partial charge is 0.237 e. The van der Waals surface area contributed by atoms with E-state index in [9.17, 15) is 0 Å². The van der Waals surface area contributed by atoms with Crippen LogP contribution in [0.1, 0.15) is 25.7 Å². The van der Waals surface area contributed by atoms with Gasteiger partial charge in [-0.1, -0.05) is 47.6 Å². The van der Waals surface area contributed by atoms with Crippen LogP contribution < -0.4 is 0 Å². The van der Waals surface area contributed by atoms with E-state index in [1.807, 2.05) is 0 Å². The summed E-state index contributed by atoms with van der Waals surface area (Å²) in [5, 5.41) is 0.465. The maximum absolute atomic E-state index is 6.09. The second-order valence-corrected chi connectivity index (χ2v) is 7.87. The minimum Gasteiger partial charge on any atom is -0.122 e. The Morgan fingerprint density at radius 3 is 2.17 bits per heavy atom. The zero-order valence-electron chi connectivity index (χ0n) is 6.40. The molecule has 1 saturated carbocycles. The van der Waals surface area contributed by atoms with E-state index in [1.165, 1.54) is 24.6 Å². The Morgan fingerprint density at radius 2 is 1.67 bits per heavy atom. The SMILES string of the molecule is Cl[C@H]1CCCC[C@@H]1SC(Cl)(Cl)Cl. The fourth-order valence-electron chi connectivity index (χ4n) is 1.36. The lowest BCUT2D eigenvalue weighted by Gasteiger charge is -2.28. The molecule has 0 N–H and O–H groups in total. The monoisotopic (exact) mass is 266 g/mol. The lowest BCUT2D eigenvalue weighted by molar-refractivity contribution is 0.522. The Hall–Kier alpha value is 1.51. The van der Waals surface area contributed by atoms with Crippen LogP contribution in [0.25, 0.3) is 0 Å². The second-order valence-electron chi connectivity index (χ2n) is 2.90. The van der Waals surface area contributed by atoms with Gasteiger partial charge in [-0.15, -0.1) is 23.4 Å². The predicted octanol–water partition coefficient (Wildman–Crippen LogP) is 4.60. The highest BCUT2D eigenvalue weighted by Gasteiger charge is 2.32. The van der Waals surface area contributed by atoms with Gasteiger partial charge in [0.25, 0.3) is 0 Å². The Morgan fingerprint density at radius 1 is 1.08 bits per heavy atom. The van der Waals surface area contributed by atoms with Gasteiger partial charge in [-0.05, 0) is 12.8 Å². The van der Waals surface area contributed by atoms with Gasteiger partial charge in [0.05, 0.1) is 0 Å². The average molecular weight is 268 g/mol. The Balaban J connectivity index is 2.39. The third-order valence-corrected chi connectivity index (χ3v) is 4.51. The molecule has 5 heteroatoms. The molecule has 0 aromatic heterocycles. The molecule has 0 spiro atoms. The third-order valence-electron chi connectivity index (χ3n) is 1.91. The lowest BCUT2D eigenvalue weighted by Crippen LogP contribution is -2.24. The molecule has 1 aliphatic carbocycles. The molecule has 0 radical (unpaired) electrons. The molecule has 0 nitrogen and oxygen atoms in total. The number of halogens is 4. The second kappa shape index (κ2) is 4.84. The van der Waals surface area contributed by atoms with Gasteiger partial charge in [-0.25, -0.2) is 0 Å². The van der Waals surface area contributed by atoms with Crippen molar-refractivity contribution in [1.29, 1.82) is 0 Å². The zero-order valence-corrected chi connectivity index (χ0v) is 10.2. The van der Waals surface area contributed by atoms with Crippen LogP contribution in [-0.2, 0) is 0 Å². The quantitative estimate of drug-likeness (QED) is 0.626. The van der Waals surface area contributed by atoms with Crippen LogP contribution in [-0.4, -0.2) is 13.8 Å². The molecule has 0 aliphatic heterocycles. The third kappa shape index (κ3) is 4.15. The van der Waals surface area contributed by atoms with Gasteiger partial charge in [0.15, 0.2) is 0 Å². The standard InChI is InChI=1S/C7H10Cl4S/c8-5-3-1-2-4-6(5)12-7(9,10)11/h5-6H,1-4H2/t5-,6-/m0/s1. The van der Waals surface area contributed by atoms with Gasteiger partial charge in [0, 0.05) is 10.6 Å². The Labute approximate surface area is 97.3 Å². The number of hydrogen-bond donors (Lipinski definition) is 0. The molecule has 0 saturated heterocycles. The molecule has 0 aromatic rings. The first kappa shape index (κ1) is 11.6. The number of alkyl halides is 4. The van der Waals surface area contributed by atoms with E-state index < -0.39 is 3.12 Å². The summed E-state index contributed by atoms with van der Waals surface area (Å²) < 4.78 is -1.21. The van der Waals surface area contributed by atoms with E-state index in [2.05, 4.69) is 0 Å². The highest BCUT2D eigenvalue weighted by molar-refractivity contribution is 8.05. The fourth-order valence-corrected chi connectivity index (χ4v) is 3.73. The maximum atomic E-state index is 6.09. The van der Waals surface area contributed by atoms with E-state index in [0.717, 1.165) is 12.8 Å². The molecule has 0 bridgehead atoms. The van der Waals surface area contributed by atoms with Crippen LogP contribution in [0.3, 0.4) is 0 Å². The van der Waals surface area contributed by atoms with Gasteiger partial charge in [0.2, 0.25) is 3.12 Å². The molecule has 0 amide bonds. The van der Waals surface area contributed by atoms with Gasteiger partial charge in [-0.3, -0.25) is 0 Å². The van der Waals surface area contributed by atoms with Crippen LogP contribution in [0.15, 0.2) is 0 Å². The smallest absolute Gasteiger partial charge is 0.122 e. The zero-order chi connectivity index (χ0) is 9.19. The topological polar surface area (TPSA) is 0 Å². The van der Waals surface area contributed by atoms with Crippen LogP contribution in [0.5, 0.6) is 0 Å². The molecule has 1 rings (SSSR count). The first-order valence-electron chi connectivity index (χ1n) is 3.87. The van der Waals surface area contributed by atoms with Crippen molar-refractivity contribution < 1.29 is 0 Å². The minimum absolute atomic E-state index is 0.166. The molecular formula is C7H10Cl4S. The summed E-state index contributed by atoms with van der Waals surface area (Å²) >= 11 is 24.4. The number of thioether (sulfide) groups is 1. The van der Waals surface area contributed by atoms with E-state index in [4.69, 9.17) is 46.4 Å². The molecule has 0 aromatic carbocycles. The van der Waals surface area contributed by atoms with Gasteiger partial charge >= 0.3 is 0 Å². The van der Waals surface area contributed by atoms with Crippen LogP contribution in [0.2, 0.25) is 0 Å². The maximum Gasteiger partial charge on any atom is 0.237 e. The first-order chi connectivity index (χ1) is 5.49. The molecule has 12 heavy (non-hydrogen) atoms. The van der Waals surface area contributed by atoms with Gasteiger partial charge < -0.3 is 0 Å². The van der Waals surface area contributed by atoms with E-state index in [1.54, 1.807) is 0 Å². The van der Waals surface area contributed by atoms with Crippen molar-refractivity contribution in [2.24, 2.45) is 0 Å². The van der Waals surface area contributed by atoms with Crippen molar-refractivity contribution in [3.63, 3.8) is 0 Å². The van der Waals surface area contributed by atoms with Gasteiger partial charge in [-0.2, -0.15) is 0 Å². The highest BCUT2D eigenvalue weighted by Crippen LogP contribution is 2.46. The molecule has 2 atom stereocenters. The van der Waals surface area contributed by atoms with Crippen LogP contribution in [0.4, 0.5) is 0 Å². The number of hydrogen-bond acceptors (Lipinski definition) is 1. The van der Waals surface area contributed by atoms with Crippen molar-refractivity contribution in [3.8, 4) is 0 Å². The summed E-state index contributed by atoms with van der Waals surface area (Å²) in [5.74, 6) is 0. The van der Waals surface area contributed by atoms with Crippen molar-refractivity contribution in [2.45, 2.75) is 39.4 Å². The summed E-state index contributed by atoms with van der Waals surface area (Å²) in [5.41, 5.74) is 0. The van der Waals surface area contributed by atoms with Crippen LogP contribution >= 0.6 is 58.2 Å². The molecular weight excluding hydrogens is 258 g/mol. The average Bonchev–Trinajstić information content (AvgIpc) is 1.91. The molecule has 1 fully saturated rings. The van der Waals surface area contributed by atoms with Crippen molar-refractivity contribution in [3.05, 3.63) is 0 Å². The first-order valence-corrected chi connectivity index (χ1v) is 6.32. The lowest BCUT2D eigenvalue weighted by atomic mass is 10.00. The molecule has 0 heterocycles. The highest BCUT2D eigenvalue weighted by atomic mass is 35.6. The van der Waals surface area contributed by atoms with Crippen molar-refractivity contribution in [2.75, 3.05) is 0 Å². The van der Waals surface area contributed by atoms with E-state index in [-0.39, 0.29) is 5.38 Å². The van der Waals surface area contributed by atoms with Crippen molar-refractivity contribution in [1.82, 2.24) is 0 Å². The van der Waals surface area contributed by atoms with Gasteiger partial charge in [0.1, 0.15) is 0 Å². The van der Waals surface area contributed by atoms with Crippen LogP contribution in [0, 0.1) is 0 Å². The Kier molecular flexibility index (Phi) is 4.67. The summed E-state index contributed by atoms with van der Waals surface area (Å²) in [6.07, 6.45) is 4.50. The Bertz CT molecular complexity index is 145. The minimum atomic E-state index is -1.21. The van der Waals surface area contributed by atoms with E-state index in [0.29, 0.717) is 5.25 Å². The van der Waals surface area contributed by atoms with Crippen molar-refractivity contribution >= 4 is 58.2 Å². The summed E-state index contributed by atoms with van der Waals surface area (Å²) in [6, 6.07) is 0. The summed E-state index contributed by atoms with van der Waals surface area (Å²) in [7, 11) is 0. The molecule has 1 aliphatic rings. The summed E-state index contributed by atoms with van der Waals surface area (Å²) in [6.45, 7) is 0. The normalized spacial score (nSPS) is 32.0. The number of rotatable bonds is 1. The molecule has 0 unspecified atom stereocenters. The summed E-state index contributed by atoms with van der Waals surface area (Å²) in [4.78, 5) is 0. The fraction of sp³-hybridized carbons (Fsp3) is 1.00. The van der Waals surface area contributed by atoms with E-state index >= 15 is 0 Å².